The van der Waals surface area contributed by atoms with E-state index in [1.807, 2.05) is 0 Å². The standard InChI is InChI=1S/C14H16ClF3N6/c15-10-4-9(14(16,17)18)7-24-11(22-23-12(10)24)6-21-13(19)20-5-8-2-1-3-8/h4,7-8H,1-3,5-6H2,(H3,19,20,21). The van der Waals surface area contributed by atoms with E-state index in [-0.39, 0.29) is 29.0 Å². The van der Waals surface area contributed by atoms with Crippen molar-refractivity contribution in [2.45, 2.75) is 32.0 Å². The minimum atomic E-state index is -4.51. The van der Waals surface area contributed by atoms with E-state index >= 15 is 0 Å². The molecule has 0 atom stereocenters. The molecule has 0 aromatic carbocycles. The van der Waals surface area contributed by atoms with Gasteiger partial charge in [0.05, 0.1) is 10.6 Å². The molecule has 2 heterocycles. The van der Waals surface area contributed by atoms with Gasteiger partial charge in [-0.1, -0.05) is 18.0 Å². The van der Waals surface area contributed by atoms with Gasteiger partial charge in [0.1, 0.15) is 6.54 Å². The van der Waals surface area contributed by atoms with E-state index in [1.54, 1.807) is 0 Å². The molecule has 0 unspecified atom stereocenters. The number of rotatable bonds is 4. The van der Waals surface area contributed by atoms with Crippen molar-refractivity contribution in [2.75, 3.05) is 6.54 Å². The smallest absolute Gasteiger partial charge is 0.370 e. The lowest BCUT2D eigenvalue weighted by Crippen LogP contribution is -2.37. The Kier molecular flexibility index (Phi) is 4.53. The SMILES string of the molecule is NC(=NCc1nnc2c(Cl)cc(C(F)(F)F)cn12)NCC1CCC1. The predicted octanol–water partition coefficient (Wildman–Crippen LogP) is 2.61. The molecular weight excluding hydrogens is 345 g/mol. The highest BCUT2D eigenvalue weighted by atomic mass is 35.5. The quantitative estimate of drug-likeness (QED) is 0.648. The lowest BCUT2D eigenvalue weighted by molar-refractivity contribution is -0.137. The number of hydrogen-bond acceptors (Lipinski definition) is 3. The van der Waals surface area contributed by atoms with Crippen molar-refractivity contribution in [1.29, 1.82) is 0 Å². The monoisotopic (exact) mass is 360 g/mol. The van der Waals surface area contributed by atoms with Gasteiger partial charge in [-0.3, -0.25) is 4.40 Å². The summed E-state index contributed by atoms with van der Waals surface area (Å²) >= 11 is 5.86. The van der Waals surface area contributed by atoms with Gasteiger partial charge in [-0.05, 0) is 24.8 Å². The zero-order valence-electron chi connectivity index (χ0n) is 12.6. The van der Waals surface area contributed by atoms with E-state index in [2.05, 4.69) is 20.5 Å². The first kappa shape index (κ1) is 16.8. The average Bonchev–Trinajstić information content (AvgIpc) is 2.86. The van der Waals surface area contributed by atoms with Crippen LogP contribution in [0.1, 0.15) is 30.7 Å². The summed E-state index contributed by atoms with van der Waals surface area (Å²) in [5.74, 6) is 1.07. The number of aliphatic imine (C=N–C) groups is 1. The van der Waals surface area contributed by atoms with Gasteiger partial charge in [0.15, 0.2) is 17.4 Å². The molecule has 0 aliphatic heterocycles. The number of nitrogens with two attached hydrogens (primary N) is 1. The summed E-state index contributed by atoms with van der Waals surface area (Å²) in [6, 6.07) is 0.827. The molecule has 0 saturated heterocycles. The molecule has 3 rings (SSSR count). The van der Waals surface area contributed by atoms with Crippen LogP contribution in [0.5, 0.6) is 0 Å². The predicted molar refractivity (Wildman–Crippen MR) is 83.7 cm³/mol. The summed E-state index contributed by atoms with van der Waals surface area (Å²) < 4.78 is 39.9. The Hall–Kier alpha value is -2.03. The third-order valence-electron chi connectivity index (χ3n) is 4.05. The lowest BCUT2D eigenvalue weighted by Gasteiger charge is -2.25. The Bertz CT molecular complexity index is 766. The van der Waals surface area contributed by atoms with Crippen LogP contribution in [-0.2, 0) is 12.7 Å². The Balaban J connectivity index is 1.77. The number of aromatic nitrogens is 3. The molecule has 2 aromatic rings. The van der Waals surface area contributed by atoms with Gasteiger partial charge in [0.2, 0.25) is 0 Å². The second kappa shape index (κ2) is 6.46. The number of alkyl halides is 3. The molecule has 1 aliphatic rings. The summed E-state index contributed by atoms with van der Waals surface area (Å²) in [4.78, 5) is 4.10. The Morgan fingerprint density at radius 1 is 1.42 bits per heavy atom. The number of nitrogens with zero attached hydrogens (tertiary/aromatic N) is 4. The maximum Gasteiger partial charge on any atom is 0.417 e. The molecule has 1 fully saturated rings. The van der Waals surface area contributed by atoms with Gasteiger partial charge in [-0.2, -0.15) is 13.2 Å². The van der Waals surface area contributed by atoms with Gasteiger partial charge in [-0.15, -0.1) is 10.2 Å². The molecule has 10 heteroatoms. The van der Waals surface area contributed by atoms with Crippen LogP contribution < -0.4 is 11.1 Å². The van der Waals surface area contributed by atoms with Crippen molar-refractivity contribution in [2.24, 2.45) is 16.6 Å². The van der Waals surface area contributed by atoms with Crippen molar-refractivity contribution < 1.29 is 13.2 Å². The third kappa shape index (κ3) is 3.55. The third-order valence-corrected chi connectivity index (χ3v) is 4.32. The van der Waals surface area contributed by atoms with Crippen LogP contribution in [0.15, 0.2) is 17.3 Å². The van der Waals surface area contributed by atoms with Crippen molar-refractivity contribution in [3.05, 3.63) is 28.7 Å². The first-order valence-electron chi connectivity index (χ1n) is 7.48. The van der Waals surface area contributed by atoms with E-state index in [1.165, 1.54) is 23.7 Å². The summed E-state index contributed by atoms with van der Waals surface area (Å²) in [7, 11) is 0. The topological polar surface area (TPSA) is 80.6 Å². The van der Waals surface area contributed by atoms with Crippen molar-refractivity contribution in [3.63, 3.8) is 0 Å². The lowest BCUT2D eigenvalue weighted by atomic mass is 9.85. The van der Waals surface area contributed by atoms with Gasteiger partial charge in [0, 0.05) is 12.7 Å². The highest BCUT2D eigenvalue weighted by molar-refractivity contribution is 6.33. The van der Waals surface area contributed by atoms with E-state index in [0.717, 1.165) is 18.8 Å². The number of fused-ring (bicyclic) bond motifs is 1. The van der Waals surface area contributed by atoms with E-state index in [0.29, 0.717) is 5.92 Å². The van der Waals surface area contributed by atoms with Crippen LogP contribution in [0.25, 0.3) is 5.65 Å². The van der Waals surface area contributed by atoms with Gasteiger partial charge < -0.3 is 11.1 Å². The molecule has 24 heavy (non-hydrogen) atoms. The normalized spacial score (nSPS) is 16.4. The minimum Gasteiger partial charge on any atom is -0.370 e. The van der Waals surface area contributed by atoms with E-state index in [9.17, 15) is 13.2 Å². The maximum atomic E-state index is 12.9. The van der Waals surface area contributed by atoms with E-state index in [4.69, 9.17) is 17.3 Å². The fourth-order valence-electron chi connectivity index (χ4n) is 2.42. The van der Waals surface area contributed by atoms with Crippen LogP contribution in [0.3, 0.4) is 0 Å². The van der Waals surface area contributed by atoms with Crippen LogP contribution in [0, 0.1) is 5.92 Å². The van der Waals surface area contributed by atoms with Crippen molar-refractivity contribution in [1.82, 2.24) is 19.9 Å². The zero-order valence-corrected chi connectivity index (χ0v) is 13.4. The number of halogens is 4. The van der Waals surface area contributed by atoms with Crippen LogP contribution in [0.2, 0.25) is 5.02 Å². The second-order valence-electron chi connectivity index (χ2n) is 5.76. The summed E-state index contributed by atoms with van der Waals surface area (Å²) in [6.45, 7) is 0.752. The van der Waals surface area contributed by atoms with Crippen LogP contribution in [-0.4, -0.2) is 27.1 Å². The molecule has 6 nitrogen and oxygen atoms in total. The summed E-state index contributed by atoms with van der Waals surface area (Å²) in [5, 5.41) is 10.5. The fraction of sp³-hybridized carbons (Fsp3) is 0.500. The molecule has 3 N–H and O–H groups in total. The Labute approximate surface area is 140 Å². The second-order valence-corrected chi connectivity index (χ2v) is 6.17. The molecule has 1 aliphatic carbocycles. The molecular formula is C14H16ClF3N6. The highest BCUT2D eigenvalue weighted by Gasteiger charge is 2.32. The molecule has 0 bridgehead atoms. The fourth-order valence-corrected chi connectivity index (χ4v) is 2.67. The highest BCUT2D eigenvalue weighted by Crippen LogP contribution is 2.32. The molecule has 1 saturated carbocycles. The van der Waals surface area contributed by atoms with Crippen molar-refractivity contribution >= 4 is 23.2 Å². The number of guanidine groups is 1. The number of nitrogens with one attached hydrogen (secondary N) is 1. The number of pyridine rings is 1. The maximum absolute atomic E-state index is 12.9. The molecule has 0 spiro atoms. The molecule has 0 amide bonds. The van der Waals surface area contributed by atoms with Crippen molar-refractivity contribution in [3.8, 4) is 0 Å². The summed E-state index contributed by atoms with van der Waals surface area (Å²) in [6.07, 6.45) is -0.0188. The van der Waals surface area contributed by atoms with Gasteiger partial charge >= 0.3 is 6.18 Å². The van der Waals surface area contributed by atoms with E-state index < -0.39 is 11.7 Å². The zero-order chi connectivity index (χ0) is 17.3. The molecule has 130 valence electrons. The van der Waals surface area contributed by atoms with Gasteiger partial charge in [-0.25, -0.2) is 4.99 Å². The minimum absolute atomic E-state index is 0.00229. The molecule has 0 radical (unpaired) electrons. The largest absolute Gasteiger partial charge is 0.417 e. The molecule has 2 aromatic heterocycles. The Morgan fingerprint density at radius 2 is 2.17 bits per heavy atom. The van der Waals surface area contributed by atoms with Gasteiger partial charge in [0.25, 0.3) is 0 Å². The average molecular weight is 361 g/mol. The first-order valence-corrected chi connectivity index (χ1v) is 7.86. The Morgan fingerprint density at radius 3 is 2.79 bits per heavy atom. The summed E-state index contributed by atoms with van der Waals surface area (Å²) in [5.41, 5.74) is 5.04. The number of hydrogen-bond donors (Lipinski definition) is 2. The van der Waals surface area contributed by atoms with Crippen LogP contribution in [0.4, 0.5) is 13.2 Å². The van der Waals surface area contributed by atoms with Crippen LogP contribution >= 0.6 is 11.6 Å². The first-order chi connectivity index (χ1) is 11.3.